The van der Waals surface area contributed by atoms with Gasteiger partial charge in [0.05, 0.1) is 5.69 Å². The third kappa shape index (κ3) is 1.53. The average molecular weight is 340 g/mol. The smallest absolute Gasteiger partial charge is 0.263 e. The maximum Gasteiger partial charge on any atom is 0.263 e. The highest BCUT2D eigenvalue weighted by molar-refractivity contribution is 6.19. The molecule has 2 amide bonds. The second-order valence-corrected chi connectivity index (χ2v) is 7.44. The highest BCUT2D eigenvalue weighted by Gasteiger charge is 2.72. The third-order valence-corrected chi connectivity index (χ3v) is 6.56. The van der Waals surface area contributed by atoms with E-state index in [1.54, 1.807) is 28.0 Å². The van der Waals surface area contributed by atoms with Crippen molar-refractivity contribution < 1.29 is 19.1 Å². The number of fused-ring (bicyclic) bond motifs is 3. The van der Waals surface area contributed by atoms with E-state index in [1.807, 2.05) is 6.07 Å². The summed E-state index contributed by atoms with van der Waals surface area (Å²) in [5, 5.41) is 0. The number of rotatable bonds is 1. The summed E-state index contributed by atoms with van der Waals surface area (Å²) in [6.45, 7) is 2.61. The molecule has 4 aliphatic heterocycles. The number of carbonyl (C=O) groups excluding carboxylic acids is 3. The lowest BCUT2D eigenvalue weighted by Gasteiger charge is -2.61. The number of ketones is 1. The van der Waals surface area contributed by atoms with Gasteiger partial charge in [0.15, 0.2) is 0 Å². The summed E-state index contributed by atoms with van der Waals surface area (Å²) in [4.78, 5) is 42.4. The Hall–Kier alpha value is -2.21. The molecular formula is C19H20N2O4. The molecule has 3 atom stereocenters. The lowest BCUT2D eigenvalue weighted by molar-refractivity contribution is -0.218. The number of para-hydroxylation sites is 1. The summed E-state index contributed by atoms with van der Waals surface area (Å²) in [5.74, 6) is -1.86. The number of Topliss-reactive ketones (excluding diaryl/α,β-unsaturated/α-hetero) is 1. The Kier molecular flexibility index (Phi) is 2.83. The first-order chi connectivity index (χ1) is 12.1. The molecular weight excluding hydrogens is 320 g/mol. The molecule has 4 heterocycles. The van der Waals surface area contributed by atoms with E-state index in [4.69, 9.17) is 4.74 Å². The first-order valence-corrected chi connectivity index (χ1v) is 9.01. The lowest BCUT2D eigenvalue weighted by Crippen LogP contribution is -2.74. The fourth-order valence-electron chi connectivity index (χ4n) is 5.37. The summed E-state index contributed by atoms with van der Waals surface area (Å²) < 4.78 is 6.28. The van der Waals surface area contributed by atoms with E-state index in [9.17, 15) is 14.4 Å². The minimum Gasteiger partial charge on any atom is -0.315 e. The summed E-state index contributed by atoms with van der Waals surface area (Å²) in [6, 6.07) is 7.07. The highest BCUT2D eigenvalue weighted by Crippen LogP contribution is 2.60. The van der Waals surface area contributed by atoms with Gasteiger partial charge in [0.2, 0.25) is 23.6 Å². The van der Waals surface area contributed by atoms with Crippen molar-refractivity contribution in [3.8, 4) is 0 Å². The summed E-state index contributed by atoms with van der Waals surface area (Å²) in [7, 11) is 0. The van der Waals surface area contributed by atoms with Crippen molar-refractivity contribution in [1.29, 1.82) is 0 Å². The van der Waals surface area contributed by atoms with Crippen LogP contribution in [0.3, 0.4) is 0 Å². The third-order valence-electron chi connectivity index (χ3n) is 6.56. The van der Waals surface area contributed by atoms with Crippen molar-refractivity contribution in [2.45, 2.75) is 51.0 Å². The van der Waals surface area contributed by atoms with Crippen molar-refractivity contribution in [1.82, 2.24) is 4.90 Å². The van der Waals surface area contributed by atoms with E-state index in [2.05, 4.69) is 6.92 Å². The molecule has 3 fully saturated rings. The first kappa shape index (κ1) is 15.1. The normalized spacial score (nSPS) is 36.2. The van der Waals surface area contributed by atoms with Gasteiger partial charge in [0.25, 0.3) is 5.91 Å². The average Bonchev–Trinajstić information content (AvgIpc) is 2.87. The zero-order valence-electron chi connectivity index (χ0n) is 14.2. The molecule has 1 spiro atoms. The van der Waals surface area contributed by atoms with Crippen molar-refractivity contribution in [2.75, 3.05) is 11.4 Å². The van der Waals surface area contributed by atoms with E-state index >= 15 is 0 Å². The standard InChI is InChI=1S/C19H20N2O4/c1-2-18-9-5-11-20-17(24)16-15(23)12-6-3-4-7-13(12)21(14(22)8-10-18)19(18,20)25-16/h3-4,6-7,16H,2,5,8-11H2,1H3/t16-,18-,19-/m0/s1. The van der Waals surface area contributed by atoms with Gasteiger partial charge < -0.3 is 4.74 Å². The summed E-state index contributed by atoms with van der Waals surface area (Å²) in [5.41, 5.74) is 0.654. The van der Waals surface area contributed by atoms with Crippen molar-refractivity contribution in [3.63, 3.8) is 0 Å². The Labute approximate surface area is 145 Å². The molecule has 130 valence electrons. The maximum absolute atomic E-state index is 13.0. The summed E-state index contributed by atoms with van der Waals surface area (Å²) >= 11 is 0. The fourth-order valence-corrected chi connectivity index (χ4v) is 5.37. The number of anilines is 1. The number of benzene rings is 1. The van der Waals surface area contributed by atoms with Gasteiger partial charge in [-0.1, -0.05) is 19.1 Å². The molecule has 4 aliphatic rings. The van der Waals surface area contributed by atoms with Crippen LogP contribution in [0.2, 0.25) is 0 Å². The van der Waals surface area contributed by atoms with Crippen molar-refractivity contribution >= 4 is 23.3 Å². The van der Waals surface area contributed by atoms with Crippen molar-refractivity contribution in [2.24, 2.45) is 5.41 Å². The molecule has 2 bridgehead atoms. The molecule has 0 saturated carbocycles. The monoisotopic (exact) mass is 340 g/mol. The van der Waals surface area contributed by atoms with Gasteiger partial charge in [0.1, 0.15) is 0 Å². The molecule has 6 nitrogen and oxygen atoms in total. The van der Waals surface area contributed by atoms with E-state index < -0.39 is 12.0 Å². The predicted octanol–water partition coefficient (Wildman–Crippen LogP) is 2.08. The van der Waals surface area contributed by atoms with Crippen LogP contribution in [0.1, 0.15) is 49.4 Å². The van der Waals surface area contributed by atoms with Crippen LogP contribution in [0.25, 0.3) is 0 Å². The van der Waals surface area contributed by atoms with E-state index in [1.165, 1.54) is 0 Å². The van der Waals surface area contributed by atoms with Crippen LogP contribution in [0.4, 0.5) is 5.69 Å². The zero-order valence-corrected chi connectivity index (χ0v) is 14.2. The van der Waals surface area contributed by atoms with Crippen LogP contribution < -0.4 is 4.90 Å². The zero-order chi connectivity index (χ0) is 17.4. The van der Waals surface area contributed by atoms with Gasteiger partial charge in [-0.15, -0.1) is 0 Å². The lowest BCUT2D eigenvalue weighted by atomic mass is 9.66. The number of ether oxygens (including phenoxy) is 1. The Bertz CT molecular complexity index is 821. The number of hydrogen-bond donors (Lipinski definition) is 0. The molecule has 6 heteroatoms. The van der Waals surface area contributed by atoms with Crippen LogP contribution in [-0.4, -0.2) is 41.0 Å². The predicted molar refractivity (Wildman–Crippen MR) is 88.8 cm³/mol. The Morgan fingerprint density at radius 1 is 1.20 bits per heavy atom. The van der Waals surface area contributed by atoms with Gasteiger partial charge in [-0.05, 0) is 37.8 Å². The van der Waals surface area contributed by atoms with Crippen LogP contribution >= 0.6 is 0 Å². The second-order valence-electron chi connectivity index (χ2n) is 7.44. The second kappa shape index (κ2) is 4.69. The van der Waals surface area contributed by atoms with Gasteiger partial charge >= 0.3 is 0 Å². The number of nitrogens with zero attached hydrogens (tertiary/aromatic N) is 2. The van der Waals surface area contributed by atoms with Gasteiger partial charge in [-0.3, -0.25) is 24.2 Å². The number of piperidine rings is 2. The molecule has 0 unspecified atom stereocenters. The molecule has 5 rings (SSSR count). The van der Waals surface area contributed by atoms with Gasteiger partial charge in [-0.2, -0.15) is 0 Å². The molecule has 0 radical (unpaired) electrons. The van der Waals surface area contributed by atoms with Crippen LogP contribution in [-0.2, 0) is 14.3 Å². The molecule has 25 heavy (non-hydrogen) atoms. The van der Waals surface area contributed by atoms with E-state index in [-0.39, 0.29) is 23.0 Å². The van der Waals surface area contributed by atoms with E-state index in [0.29, 0.717) is 30.6 Å². The van der Waals surface area contributed by atoms with Gasteiger partial charge in [0, 0.05) is 23.9 Å². The molecule has 1 aromatic carbocycles. The fraction of sp³-hybridized carbons (Fsp3) is 0.526. The van der Waals surface area contributed by atoms with Crippen LogP contribution in [0.15, 0.2) is 24.3 Å². The molecule has 3 saturated heterocycles. The molecule has 0 aliphatic carbocycles. The minimum atomic E-state index is -1.15. The van der Waals surface area contributed by atoms with Gasteiger partial charge in [-0.25, -0.2) is 0 Å². The Morgan fingerprint density at radius 2 is 2.00 bits per heavy atom. The Balaban J connectivity index is 1.86. The maximum atomic E-state index is 13.0. The molecule has 1 aromatic rings. The Morgan fingerprint density at radius 3 is 2.80 bits per heavy atom. The highest BCUT2D eigenvalue weighted by atomic mass is 16.6. The quantitative estimate of drug-likeness (QED) is 0.734. The SMILES string of the molecule is CC[C@@]12CCCN3C(=O)[C@H]4O[C@]31N(C(=O)CC2)c1ccccc1C4=O. The topological polar surface area (TPSA) is 66.9 Å². The van der Waals surface area contributed by atoms with E-state index in [0.717, 1.165) is 19.3 Å². The minimum absolute atomic E-state index is 0.0772. The molecule has 0 N–H and O–H groups in total. The number of amides is 2. The van der Waals surface area contributed by atoms with Crippen LogP contribution in [0.5, 0.6) is 0 Å². The van der Waals surface area contributed by atoms with Crippen molar-refractivity contribution in [3.05, 3.63) is 29.8 Å². The largest absolute Gasteiger partial charge is 0.315 e. The van der Waals surface area contributed by atoms with Crippen LogP contribution in [0, 0.1) is 5.41 Å². The first-order valence-electron chi connectivity index (χ1n) is 9.01. The summed E-state index contributed by atoms with van der Waals surface area (Å²) in [6.07, 6.45) is 2.51. The number of carbonyl (C=O) groups is 3. The number of hydrogen-bond acceptors (Lipinski definition) is 4. The molecule has 0 aromatic heterocycles.